The molecule has 0 radical (unpaired) electrons. The third kappa shape index (κ3) is 4.23. The second kappa shape index (κ2) is 7.84. The molecule has 9 heteroatoms. The van der Waals surface area contributed by atoms with Crippen LogP contribution in [-0.4, -0.2) is 68.3 Å². The smallest absolute Gasteiger partial charge is 0.308 e. The van der Waals surface area contributed by atoms with Crippen LogP contribution in [0.15, 0.2) is 0 Å². The summed E-state index contributed by atoms with van der Waals surface area (Å²) in [6.45, 7) is 8.07. The van der Waals surface area contributed by atoms with Gasteiger partial charge in [-0.1, -0.05) is 13.8 Å². The zero-order valence-electron chi connectivity index (χ0n) is 16.3. The molecule has 9 nitrogen and oxygen atoms in total. The van der Waals surface area contributed by atoms with Gasteiger partial charge in [-0.25, -0.2) is 0 Å². The van der Waals surface area contributed by atoms with E-state index in [0.717, 1.165) is 0 Å². The first-order valence-electron chi connectivity index (χ1n) is 8.77. The fourth-order valence-electron chi connectivity index (χ4n) is 4.26. The molecule has 0 aromatic carbocycles. The fourth-order valence-corrected chi connectivity index (χ4v) is 4.26. The van der Waals surface area contributed by atoms with Crippen LogP contribution in [0.4, 0.5) is 0 Å². The summed E-state index contributed by atoms with van der Waals surface area (Å²) < 4.78 is 0. The number of rotatable bonds is 8. The molecular formula is C18H29NO8. The summed E-state index contributed by atoms with van der Waals surface area (Å²) in [4.78, 5) is 48.8. The van der Waals surface area contributed by atoms with Crippen molar-refractivity contribution in [2.45, 2.75) is 46.1 Å². The van der Waals surface area contributed by atoms with Crippen LogP contribution in [-0.2, 0) is 19.2 Å². The Hall–Kier alpha value is -2.16. The summed E-state index contributed by atoms with van der Waals surface area (Å²) in [7, 11) is 1.90. The van der Waals surface area contributed by atoms with Crippen molar-refractivity contribution >= 4 is 23.9 Å². The number of likely N-dealkylation sites (tertiary alicyclic amines) is 1. The predicted octanol–water partition coefficient (Wildman–Crippen LogP) is 1.32. The van der Waals surface area contributed by atoms with Crippen LogP contribution in [0, 0.1) is 29.1 Å². The standard InChI is InChI=1S/C18H29NO8/c1-17(2)10(6-7-19(5)18(17,3)4)13(16(26)27)12(15(24)25)9(14(22)23)8-11(20)21/h9-10,12-13H,6-8H2,1-5H3,(H,20,21)(H,22,23)(H,24,25)(H,26,27). The molecule has 4 unspecified atom stereocenters. The van der Waals surface area contributed by atoms with Gasteiger partial charge < -0.3 is 25.3 Å². The molecule has 0 bridgehead atoms. The van der Waals surface area contributed by atoms with E-state index in [1.54, 1.807) is 0 Å². The highest BCUT2D eigenvalue weighted by Gasteiger charge is 2.57. The van der Waals surface area contributed by atoms with Gasteiger partial charge in [0.1, 0.15) is 0 Å². The Bertz CT molecular complexity index is 627. The van der Waals surface area contributed by atoms with E-state index in [9.17, 15) is 34.5 Å². The minimum absolute atomic E-state index is 0.368. The van der Waals surface area contributed by atoms with E-state index in [0.29, 0.717) is 13.0 Å². The van der Waals surface area contributed by atoms with Crippen molar-refractivity contribution in [3.8, 4) is 0 Å². The van der Waals surface area contributed by atoms with Gasteiger partial charge in [0.2, 0.25) is 0 Å². The molecule has 0 spiro atoms. The second-order valence-corrected chi connectivity index (χ2v) is 8.37. The highest BCUT2D eigenvalue weighted by molar-refractivity contribution is 5.87. The van der Waals surface area contributed by atoms with Crippen molar-refractivity contribution in [3.63, 3.8) is 0 Å². The van der Waals surface area contributed by atoms with E-state index >= 15 is 0 Å². The lowest BCUT2D eigenvalue weighted by atomic mass is 9.55. The van der Waals surface area contributed by atoms with Crippen LogP contribution < -0.4 is 0 Å². The third-order valence-electron chi connectivity index (χ3n) is 6.77. The topological polar surface area (TPSA) is 152 Å². The summed E-state index contributed by atoms with van der Waals surface area (Å²) in [5.41, 5.74) is -1.14. The van der Waals surface area contributed by atoms with E-state index in [-0.39, 0.29) is 0 Å². The van der Waals surface area contributed by atoms with Crippen LogP contribution in [0.3, 0.4) is 0 Å². The molecule has 1 heterocycles. The average molecular weight is 387 g/mol. The molecule has 4 atom stereocenters. The van der Waals surface area contributed by atoms with Crippen LogP contribution in [0.2, 0.25) is 0 Å². The molecule has 0 aliphatic carbocycles. The predicted molar refractivity (Wildman–Crippen MR) is 94.2 cm³/mol. The van der Waals surface area contributed by atoms with Gasteiger partial charge in [0.25, 0.3) is 0 Å². The molecule has 4 N–H and O–H groups in total. The molecule has 0 aromatic heterocycles. The number of hydrogen-bond acceptors (Lipinski definition) is 5. The zero-order valence-corrected chi connectivity index (χ0v) is 16.3. The molecule has 1 aliphatic rings. The SMILES string of the molecule is CN1CCC(C(C(=O)O)C(C(=O)O)C(CC(=O)O)C(=O)O)C(C)(C)C1(C)C. The van der Waals surface area contributed by atoms with Gasteiger partial charge in [-0.2, -0.15) is 0 Å². The number of carbonyl (C=O) groups is 4. The molecule has 1 fully saturated rings. The average Bonchev–Trinajstić information content (AvgIpc) is 2.49. The molecule has 0 saturated carbocycles. The number of nitrogens with zero attached hydrogens (tertiary/aromatic N) is 1. The quantitative estimate of drug-likeness (QED) is 0.483. The molecule has 1 aliphatic heterocycles. The van der Waals surface area contributed by atoms with Gasteiger partial charge in [0.05, 0.1) is 24.2 Å². The summed E-state index contributed by atoms with van der Waals surface area (Å²) in [6, 6.07) is 0. The highest BCUT2D eigenvalue weighted by Crippen LogP contribution is 2.52. The van der Waals surface area contributed by atoms with E-state index in [4.69, 9.17) is 5.11 Å². The van der Waals surface area contributed by atoms with Crippen molar-refractivity contribution in [3.05, 3.63) is 0 Å². The first-order chi connectivity index (χ1) is 12.2. The zero-order chi connectivity index (χ0) is 21.3. The number of piperidine rings is 1. The Labute approximate surface area is 158 Å². The van der Waals surface area contributed by atoms with E-state index in [1.165, 1.54) is 0 Å². The van der Waals surface area contributed by atoms with Crippen LogP contribution in [0.1, 0.15) is 40.5 Å². The van der Waals surface area contributed by atoms with E-state index in [1.807, 2.05) is 34.7 Å². The van der Waals surface area contributed by atoms with Gasteiger partial charge in [0.15, 0.2) is 0 Å². The Morgan fingerprint density at radius 2 is 1.48 bits per heavy atom. The molecule has 154 valence electrons. The van der Waals surface area contributed by atoms with E-state index < -0.39 is 64.9 Å². The maximum atomic E-state index is 12.1. The third-order valence-corrected chi connectivity index (χ3v) is 6.77. The van der Waals surface area contributed by atoms with Crippen LogP contribution >= 0.6 is 0 Å². The van der Waals surface area contributed by atoms with Gasteiger partial charge in [-0.15, -0.1) is 0 Å². The molecule has 27 heavy (non-hydrogen) atoms. The molecule has 1 rings (SSSR count). The first-order valence-corrected chi connectivity index (χ1v) is 8.77. The van der Waals surface area contributed by atoms with Gasteiger partial charge in [-0.3, -0.25) is 19.2 Å². The van der Waals surface area contributed by atoms with Gasteiger partial charge in [0, 0.05) is 5.54 Å². The lowest BCUT2D eigenvalue weighted by Gasteiger charge is -2.58. The van der Waals surface area contributed by atoms with Crippen molar-refractivity contribution in [2.75, 3.05) is 13.6 Å². The van der Waals surface area contributed by atoms with Crippen LogP contribution in [0.25, 0.3) is 0 Å². The summed E-state index contributed by atoms with van der Waals surface area (Å²) in [5.74, 6) is -12.0. The summed E-state index contributed by atoms with van der Waals surface area (Å²) in [5, 5.41) is 38.0. The van der Waals surface area contributed by atoms with E-state index in [2.05, 4.69) is 4.90 Å². The lowest BCUT2D eigenvalue weighted by molar-refractivity contribution is -0.173. The summed E-state index contributed by atoms with van der Waals surface area (Å²) in [6.07, 6.45) is -0.584. The van der Waals surface area contributed by atoms with Crippen molar-refractivity contribution < 1.29 is 39.6 Å². The van der Waals surface area contributed by atoms with Crippen molar-refractivity contribution in [2.24, 2.45) is 29.1 Å². The number of carboxylic acids is 4. The van der Waals surface area contributed by atoms with Crippen LogP contribution in [0.5, 0.6) is 0 Å². The van der Waals surface area contributed by atoms with Gasteiger partial charge in [-0.05, 0) is 45.2 Å². The normalized spacial score (nSPS) is 25.1. The molecule has 0 amide bonds. The first kappa shape index (κ1) is 22.9. The van der Waals surface area contributed by atoms with Crippen molar-refractivity contribution in [1.82, 2.24) is 4.90 Å². The van der Waals surface area contributed by atoms with Gasteiger partial charge >= 0.3 is 23.9 Å². The second-order valence-electron chi connectivity index (χ2n) is 8.37. The minimum atomic E-state index is -1.85. The molecule has 1 saturated heterocycles. The number of aliphatic carboxylic acids is 4. The highest BCUT2D eigenvalue weighted by atomic mass is 16.4. The number of hydrogen-bond donors (Lipinski definition) is 4. The molecular weight excluding hydrogens is 358 g/mol. The maximum absolute atomic E-state index is 12.1. The number of carboxylic acid groups (broad SMARTS) is 4. The molecule has 0 aromatic rings. The fraction of sp³-hybridized carbons (Fsp3) is 0.778. The summed E-state index contributed by atoms with van der Waals surface area (Å²) >= 11 is 0. The Morgan fingerprint density at radius 1 is 0.963 bits per heavy atom. The Morgan fingerprint density at radius 3 is 1.85 bits per heavy atom. The maximum Gasteiger partial charge on any atom is 0.308 e. The van der Waals surface area contributed by atoms with Crippen molar-refractivity contribution in [1.29, 1.82) is 0 Å². The lowest BCUT2D eigenvalue weighted by Crippen LogP contribution is -2.62. The largest absolute Gasteiger partial charge is 0.481 e. The minimum Gasteiger partial charge on any atom is -0.481 e. The monoisotopic (exact) mass is 387 g/mol. The Balaban J connectivity index is 3.50. The Kier molecular flexibility index (Phi) is 6.64.